The number of hydrogen-bond acceptors (Lipinski definition) is 4. The fourth-order valence-electron chi connectivity index (χ4n) is 6.22. The smallest absolute Gasteiger partial charge is 0.131 e. The number of benzene rings is 5. The van der Waals surface area contributed by atoms with Crippen LogP contribution in [-0.2, 0) is 5.41 Å². The Labute approximate surface area is 268 Å². The lowest BCUT2D eigenvalue weighted by atomic mass is 9.82. The molecule has 4 heteroatoms. The van der Waals surface area contributed by atoms with E-state index >= 15 is 0 Å². The third-order valence-corrected chi connectivity index (χ3v) is 9.71. The standard InChI is InChI=1S/C41H29N3S/c1-41(2)38-24-35(21-22-37(38)40-39(41)25-36(45-40)23-28(26-42)27-43)44(33-17-13-31(14-18-33)29-9-5-3-6-10-29)34-19-15-32(16-20-34)30-11-7-4-8-12-30/h3-25H,1-2H3. The van der Waals surface area contributed by atoms with Crippen LogP contribution in [0.4, 0.5) is 17.1 Å². The zero-order valence-electron chi connectivity index (χ0n) is 25.0. The summed E-state index contributed by atoms with van der Waals surface area (Å²) in [6, 6.07) is 51.3. The Morgan fingerprint density at radius 3 is 1.60 bits per heavy atom. The molecule has 0 fully saturated rings. The molecule has 45 heavy (non-hydrogen) atoms. The Morgan fingerprint density at radius 2 is 1.09 bits per heavy atom. The van der Waals surface area contributed by atoms with E-state index in [2.05, 4.69) is 140 Å². The maximum atomic E-state index is 9.27. The van der Waals surface area contributed by atoms with Gasteiger partial charge in [-0.15, -0.1) is 11.3 Å². The summed E-state index contributed by atoms with van der Waals surface area (Å²) in [5, 5.41) is 18.5. The Balaban J connectivity index is 1.32. The molecule has 0 atom stereocenters. The SMILES string of the molecule is CC1(C)c2cc(N(c3ccc(-c4ccccc4)cc3)c3ccc(-c4ccccc4)cc3)ccc2-c2sc(C=C(C#N)C#N)cc21. The summed E-state index contributed by atoms with van der Waals surface area (Å²) in [6.45, 7) is 4.51. The Morgan fingerprint density at radius 1 is 0.600 bits per heavy atom. The van der Waals surface area contributed by atoms with Crippen molar-refractivity contribution in [2.75, 3.05) is 4.90 Å². The molecule has 7 rings (SSSR count). The van der Waals surface area contributed by atoms with Crippen molar-refractivity contribution in [1.29, 1.82) is 10.5 Å². The van der Waals surface area contributed by atoms with E-state index < -0.39 is 0 Å². The number of nitriles is 2. The van der Waals surface area contributed by atoms with Crippen molar-refractivity contribution in [3.8, 4) is 44.8 Å². The van der Waals surface area contributed by atoms with Crippen LogP contribution in [0.1, 0.15) is 29.9 Å². The highest BCUT2D eigenvalue weighted by atomic mass is 32.1. The number of allylic oxidation sites excluding steroid dienone is 1. The Kier molecular flexibility index (Phi) is 7.14. The average Bonchev–Trinajstić information content (AvgIpc) is 3.61. The summed E-state index contributed by atoms with van der Waals surface area (Å²) >= 11 is 1.64. The minimum absolute atomic E-state index is 0.121. The van der Waals surface area contributed by atoms with Gasteiger partial charge in [0.2, 0.25) is 0 Å². The summed E-state index contributed by atoms with van der Waals surface area (Å²) in [5.41, 5.74) is 11.6. The van der Waals surface area contributed by atoms with Crippen LogP contribution in [0.2, 0.25) is 0 Å². The van der Waals surface area contributed by atoms with Gasteiger partial charge in [-0.25, -0.2) is 0 Å². The van der Waals surface area contributed by atoms with Gasteiger partial charge in [0.15, 0.2) is 0 Å². The van der Waals surface area contributed by atoms with Crippen LogP contribution in [0.5, 0.6) is 0 Å². The van der Waals surface area contributed by atoms with Crippen molar-refractivity contribution in [3.05, 3.63) is 155 Å². The summed E-state index contributed by atoms with van der Waals surface area (Å²) in [4.78, 5) is 4.46. The van der Waals surface area contributed by atoms with Crippen LogP contribution in [0.15, 0.2) is 139 Å². The van der Waals surface area contributed by atoms with Gasteiger partial charge >= 0.3 is 0 Å². The molecule has 0 saturated heterocycles. The van der Waals surface area contributed by atoms with Gasteiger partial charge in [-0.3, -0.25) is 0 Å². The van der Waals surface area contributed by atoms with Gasteiger partial charge in [0.1, 0.15) is 17.7 Å². The molecule has 0 saturated carbocycles. The highest BCUT2D eigenvalue weighted by Crippen LogP contribution is 2.54. The van der Waals surface area contributed by atoms with Crippen LogP contribution in [0, 0.1) is 22.7 Å². The van der Waals surface area contributed by atoms with Crippen LogP contribution < -0.4 is 4.90 Å². The second-order valence-corrected chi connectivity index (χ2v) is 12.8. The molecule has 0 bridgehead atoms. The summed E-state index contributed by atoms with van der Waals surface area (Å²) in [5.74, 6) is 0. The quantitative estimate of drug-likeness (QED) is 0.180. The van der Waals surface area contributed by atoms with E-state index in [4.69, 9.17) is 0 Å². The van der Waals surface area contributed by atoms with Gasteiger partial charge < -0.3 is 4.90 Å². The molecule has 1 aliphatic rings. The molecule has 1 heterocycles. The maximum Gasteiger partial charge on any atom is 0.131 e. The first-order valence-corrected chi connectivity index (χ1v) is 15.7. The third-order valence-electron chi connectivity index (χ3n) is 8.60. The molecule has 0 N–H and O–H groups in total. The van der Waals surface area contributed by atoms with Gasteiger partial charge in [-0.05, 0) is 87.5 Å². The minimum atomic E-state index is -0.233. The van der Waals surface area contributed by atoms with E-state index in [1.54, 1.807) is 17.4 Å². The Bertz CT molecular complexity index is 2030. The van der Waals surface area contributed by atoms with E-state index in [1.165, 1.54) is 43.8 Å². The monoisotopic (exact) mass is 595 g/mol. The van der Waals surface area contributed by atoms with Crippen molar-refractivity contribution in [1.82, 2.24) is 0 Å². The summed E-state index contributed by atoms with van der Waals surface area (Å²) < 4.78 is 0. The molecule has 0 radical (unpaired) electrons. The van der Waals surface area contributed by atoms with Crippen molar-refractivity contribution >= 4 is 34.5 Å². The Hall–Kier alpha value is -5.68. The minimum Gasteiger partial charge on any atom is -0.310 e. The molecule has 1 aliphatic carbocycles. The average molecular weight is 596 g/mol. The zero-order chi connectivity index (χ0) is 31.0. The van der Waals surface area contributed by atoms with Gasteiger partial charge in [-0.1, -0.05) is 105 Å². The van der Waals surface area contributed by atoms with Crippen LogP contribution in [-0.4, -0.2) is 0 Å². The van der Waals surface area contributed by atoms with E-state index in [9.17, 15) is 10.5 Å². The lowest BCUT2D eigenvalue weighted by Gasteiger charge is -2.28. The molecule has 0 unspecified atom stereocenters. The molecular formula is C41H29N3S. The normalized spacial score (nSPS) is 12.4. The maximum absolute atomic E-state index is 9.27. The van der Waals surface area contributed by atoms with Gasteiger partial charge in [0.05, 0.1) is 0 Å². The number of fused-ring (bicyclic) bond motifs is 3. The second kappa shape index (κ2) is 11.4. The zero-order valence-corrected chi connectivity index (χ0v) is 25.8. The second-order valence-electron chi connectivity index (χ2n) is 11.7. The first kappa shape index (κ1) is 28.1. The number of thiophene rings is 1. The molecule has 214 valence electrons. The van der Waals surface area contributed by atoms with E-state index in [0.29, 0.717) is 0 Å². The molecule has 0 aliphatic heterocycles. The predicted octanol–water partition coefficient (Wildman–Crippen LogP) is 11.3. The predicted molar refractivity (Wildman–Crippen MR) is 187 cm³/mol. The number of nitrogens with zero attached hydrogens (tertiary/aromatic N) is 3. The van der Waals surface area contributed by atoms with Crippen LogP contribution in [0.25, 0.3) is 38.8 Å². The summed E-state index contributed by atoms with van der Waals surface area (Å²) in [6.07, 6.45) is 1.69. The fourth-order valence-corrected chi connectivity index (χ4v) is 7.52. The highest BCUT2D eigenvalue weighted by molar-refractivity contribution is 7.16. The topological polar surface area (TPSA) is 50.8 Å². The first-order valence-electron chi connectivity index (χ1n) is 14.9. The van der Waals surface area contributed by atoms with E-state index in [-0.39, 0.29) is 11.0 Å². The van der Waals surface area contributed by atoms with Crippen LogP contribution in [0.3, 0.4) is 0 Å². The largest absolute Gasteiger partial charge is 0.310 e. The highest BCUT2D eigenvalue weighted by Gasteiger charge is 2.38. The lowest BCUT2D eigenvalue weighted by Crippen LogP contribution is -2.16. The lowest BCUT2D eigenvalue weighted by molar-refractivity contribution is 0.662. The fraction of sp³-hybridized carbons (Fsp3) is 0.0732. The first-order chi connectivity index (χ1) is 22.0. The van der Waals surface area contributed by atoms with Crippen molar-refractivity contribution in [2.45, 2.75) is 19.3 Å². The molecule has 1 aromatic heterocycles. The molecule has 5 aromatic carbocycles. The molecular weight excluding hydrogens is 567 g/mol. The molecule has 0 amide bonds. The number of anilines is 3. The van der Waals surface area contributed by atoms with Crippen molar-refractivity contribution in [2.24, 2.45) is 0 Å². The van der Waals surface area contributed by atoms with Gasteiger partial charge in [0.25, 0.3) is 0 Å². The van der Waals surface area contributed by atoms with Crippen molar-refractivity contribution in [3.63, 3.8) is 0 Å². The molecule has 3 nitrogen and oxygen atoms in total. The number of hydrogen-bond donors (Lipinski definition) is 0. The van der Waals surface area contributed by atoms with Gasteiger partial charge in [0, 0.05) is 32.2 Å². The molecule has 6 aromatic rings. The van der Waals surface area contributed by atoms with E-state index in [1.807, 2.05) is 24.3 Å². The van der Waals surface area contributed by atoms with Gasteiger partial charge in [-0.2, -0.15) is 10.5 Å². The summed E-state index contributed by atoms with van der Waals surface area (Å²) in [7, 11) is 0. The van der Waals surface area contributed by atoms with Crippen LogP contribution >= 0.6 is 11.3 Å². The third kappa shape index (κ3) is 5.12. The van der Waals surface area contributed by atoms with Crippen molar-refractivity contribution < 1.29 is 0 Å². The number of rotatable bonds is 6. The molecule has 0 spiro atoms. The van der Waals surface area contributed by atoms with E-state index in [0.717, 1.165) is 21.9 Å².